The molecule has 0 heterocycles. The Morgan fingerprint density at radius 3 is 2.26 bits per heavy atom. The Bertz CT molecular complexity index is 755. The van der Waals surface area contributed by atoms with E-state index in [0.717, 1.165) is 11.3 Å². The molecule has 0 aliphatic heterocycles. The van der Waals surface area contributed by atoms with Gasteiger partial charge in [-0.2, -0.15) is 0 Å². The van der Waals surface area contributed by atoms with Crippen LogP contribution in [0, 0.1) is 0 Å². The molecule has 0 aromatic heterocycles. The van der Waals surface area contributed by atoms with Gasteiger partial charge in [0, 0.05) is 20.0 Å². The van der Waals surface area contributed by atoms with Crippen molar-refractivity contribution < 1.29 is 33.6 Å². The number of ether oxygens (including phenoxy) is 3. The van der Waals surface area contributed by atoms with E-state index in [1.807, 2.05) is 31.2 Å². The quantitative estimate of drug-likeness (QED) is 0.221. The zero-order valence-electron chi connectivity index (χ0n) is 22.0. The lowest BCUT2D eigenvalue weighted by atomic mass is 10.1. The minimum atomic E-state index is -1.91. The van der Waals surface area contributed by atoms with Gasteiger partial charge in [0.05, 0.1) is 32.0 Å². The van der Waals surface area contributed by atoms with Crippen LogP contribution in [0.4, 0.5) is 0 Å². The van der Waals surface area contributed by atoms with E-state index in [9.17, 15) is 15.0 Å². The summed E-state index contributed by atoms with van der Waals surface area (Å²) in [5, 5.41) is 20.8. The molecule has 1 rings (SSSR count). The summed E-state index contributed by atoms with van der Waals surface area (Å²) in [6, 6.07) is 7.61. The van der Waals surface area contributed by atoms with Crippen LogP contribution in [0.25, 0.3) is 0 Å². The Morgan fingerprint density at radius 2 is 1.74 bits per heavy atom. The predicted molar refractivity (Wildman–Crippen MR) is 136 cm³/mol. The third-order valence-corrected chi connectivity index (χ3v) is 10.7. The van der Waals surface area contributed by atoms with Gasteiger partial charge in [-0.1, -0.05) is 39.0 Å². The first-order valence-corrected chi connectivity index (χ1v) is 14.8. The molecule has 0 spiro atoms. The molecular formula is C26H44O7Si. The fraction of sp³-hybridized carbons (Fsp3) is 0.654. The number of carbonyl (C=O) groups excluding carboxylic acids is 1. The van der Waals surface area contributed by atoms with E-state index >= 15 is 0 Å². The number of hydrogen-bond acceptors (Lipinski definition) is 7. The van der Waals surface area contributed by atoms with Gasteiger partial charge in [0.25, 0.3) is 0 Å². The van der Waals surface area contributed by atoms with E-state index in [1.54, 1.807) is 13.2 Å². The molecule has 8 heteroatoms. The van der Waals surface area contributed by atoms with Gasteiger partial charge in [-0.05, 0) is 55.2 Å². The maximum Gasteiger partial charge on any atom is 0.303 e. The second-order valence-corrected chi connectivity index (χ2v) is 15.0. The third kappa shape index (κ3) is 11.1. The van der Waals surface area contributed by atoms with Gasteiger partial charge >= 0.3 is 5.97 Å². The topological polar surface area (TPSA) is 94.5 Å². The van der Waals surface area contributed by atoms with Gasteiger partial charge in [-0.3, -0.25) is 4.79 Å². The summed E-state index contributed by atoms with van der Waals surface area (Å²) in [5.41, 5.74) is 1.01. The fourth-order valence-corrected chi connectivity index (χ4v) is 3.98. The lowest BCUT2D eigenvalue weighted by molar-refractivity contribution is -0.145. The van der Waals surface area contributed by atoms with Crippen molar-refractivity contribution in [2.24, 2.45) is 0 Å². The number of carbonyl (C=O) groups is 1. The Balaban J connectivity index is 2.57. The van der Waals surface area contributed by atoms with Crippen LogP contribution in [-0.2, 0) is 25.3 Å². The van der Waals surface area contributed by atoms with Gasteiger partial charge < -0.3 is 28.8 Å². The highest BCUT2D eigenvalue weighted by Gasteiger charge is 2.37. The van der Waals surface area contributed by atoms with Crippen molar-refractivity contribution in [2.45, 2.75) is 96.6 Å². The molecule has 0 saturated heterocycles. The Kier molecular flexibility index (Phi) is 12.5. The summed E-state index contributed by atoms with van der Waals surface area (Å²) >= 11 is 0. The lowest BCUT2D eigenvalue weighted by Crippen LogP contribution is -2.41. The van der Waals surface area contributed by atoms with Crippen LogP contribution < -0.4 is 4.74 Å². The molecule has 4 atom stereocenters. The monoisotopic (exact) mass is 496 g/mol. The molecular weight excluding hydrogens is 452 g/mol. The Labute approximate surface area is 206 Å². The molecule has 0 radical (unpaired) electrons. The van der Waals surface area contributed by atoms with Gasteiger partial charge in [0.15, 0.2) is 8.32 Å². The maximum atomic E-state index is 11.5. The van der Waals surface area contributed by atoms with E-state index in [1.165, 1.54) is 13.0 Å². The molecule has 0 bridgehead atoms. The predicted octanol–water partition coefficient (Wildman–Crippen LogP) is 4.61. The number of aliphatic hydroxyl groups excluding tert-OH is 2. The number of aliphatic hydroxyl groups is 2. The largest absolute Gasteiger partial charge is 0.497 e. The average Bonchev–Trinajstić information content (AvgIpc) is 2.74. The first kappa shape index (κ1) is 30.3. The van der Waals surface area contributed by atoms with E-state index in [-0.39, 0.29) is 11.1 Å². The third-order valence-electron chi connectivity index (χ3n) is 6.18. The van der Waals surface area contributed by atoms with Crippen molar-refractivity contribution in [1.29, 1.82) is 0 Å². The molecule has 1 aromatic rings. The Morgan fingerprint density at radius 1 is 1.12 bits per heavy atom. The molecule has 0 unspecified atom stereocenters. The minimum Gasteiger partial charge on any atom is -0.497 e. The van der Waals surface area contributed by atoms with Crippen molar-refractivity contribution in [3.05, 3.63) is 42.0 Å². The van der Waals surface area contributed by atoms with Crippen LogP contribution in [0.5, 0.6) is 5.75 Å². The van der Waals surface area contributed by atoms with Crippen LogP contribution in [-0.4, -0.2) is 62.6 Å². The van der Waals surface area contributed by atoms with Gasteiger partial charge in [-0.25, -0.2) is 0 Å². The molecule has 0 saturated carbocycles. The van der Waals surface area contributed by atoms with Crippen LogP contribution >= 0.6 is 0 Å². The normalized spacial score (nSPS) is 16.2. The second kappa shape index (κ2) is 14.0. The molecule has 2 N–H and O–H groups in total. The summed E-state index contributed by atoms with van der Waals surface area (Å²) < 4.78 is 22.5. The SMILES string of the molecule is COc1ccc(CO[C@H](C)C[C@@H](/C=C/[C@H](O)[C@@H](O)CCO[Si](C)(C)C(C)(C)C)OC(C)=O)cc1. The van der Waals surface area contributed by atoms with E-state index in [4.69, 9.17) is 18.6 Å². The standard InChI is InChI=1S/C26H44O7Si/c1-19(31-18-21-9-11-22(30-6)12-10-21)17-23(33-20(2)27)13-14-24(28)25(29)15-16-32-34(7,8)26(3,4)5/h9-14,19,23-25,28-29H,15-18H2,1-8H3/b14-13+/t19-,23-,24+,25+/m1/s1. The lowest BCUT2D eigenvalue weighted by Gasteiger charge is -2.36. The number of methoxy groups -OCH3 is 1. The van der Waals surface area contributed by atoms with Gasteiger partial charge in [0.2, 0.25) is 0 Å². The van der Waals surface area contributed by atoms with Crippen molar-refractivity contribution in [3.63, 3.8) is 0 Å². The van der Waals surface area contributed by atoms with E-state index in [2.05, 4.69) is 33.9 Å². The molecule has 194 valence electrons. The van der Waals surface area contributed by atoms with Crippen molar-refractivity contribution in [3.8, 4) is 5.75 Å². The molecule has 1 aromatic carbocycles. The molecule has 0 aliphatic carbocycles. The second-order valence-electron chi connectivity index (χ2n) is 10.2. The summed E-state index contributed by atoms with van der Waals surface area (Å²) in [6.45, 7) is 14.8. The fourth-order valence-electron chi connectivity index (χ4n) is 2.92. The van der Waals surface area contributed by atoms with Crippen LogP contribution in [0.3, 0.4) is 0 Å². The summed E-state index contributed by atoms with van der Waals surface area (Å²) in [7, 11) is -0.285. The van der Waals surface area contributed by atoms with Crippen molar-refractivity contribution in [2.75, 3.05) is 13.7 Å². The highest BCUT2D eigenvalue weighted by atomic mass is 28.4. The highest BCUT2D eigenvalue weighted by molar-refractivity contribution is 6.74. The minimum absolute atomic E-state index is 0.0832. The summed E-state index contributed by atoms with van der Waals surface area (Å²) in [4.78, 5) is 11.5. The molecule has 34 heavy (non-hydrogen) atoms. The number of rotatable bonds is 14. The van der Waals surface area contributed by atoms with Crippen molar-refractivity contribution in [1.82, 2.24) is 0 Å². The molecule has 0 amide bonds. The Hall–Kier alpha value is -1.71. The van der Waals surface area contributed by atoms with Gasteiger partial charge in [-0.15, -0.1) is 0 Å². The molecule has 0 aliphatic rings. The summed E-state index contributed by atoms with van der Waals surface area (Å²) in [6.07, 6.45) is 0.989. The number of esters is 1. The molecule has 7 nitrogen and oxygen atoms in total. The number of benzene rings is 1. The van der Waals surface area contributed by atoms with Crippen molar-refractivity contribution >= 4 is 14.3 Å². The number of hydrogen-bond donors (Lipinski definition) is 2. The van der Waals surface area contributed by atoms with Crippen LogP contribution in [0.2, 0.25) is 18.1 Å². The maximum absolute atomic E-state index is 11.5. The zero-order chi connectivity index (χ0) is 25.9. The molecule has 0 fully saturated rings. The van der Waals surface area contributed by atoms with Crippen LogP contribution in [0.15, 0.2) is 36.4 Å². The van der Waals surface area contributed by atoms with E-state index in [0.29, 0.717) is 26.1 Å². The summed E-state index contributed by atoms with van der Waals surface area (Å²) in [5.74, 6) is 0.360. The zero-order valence-corrected chi connectivity index (χ0v) is 23.0. The smallest absolute Gasteiger partial charge is 0.303 e. The van der Waals surface area contributed by atoms with Gasteiger partial charge in [0.1, 0.15) is 11.9 Å². The first-order valence-electron chi connectivity index (χ1n) is 11.9. The first-order chi connectivity index (χ1) is 15.7. The van der Waals surface area contributed by atoms with Crippen LogP contribution in [0.1, 0.15) is 53.0 Å². The average molecular weight is 497 g/mol. The highest BCUT2D eigenvalue weighted by Crippen LogP contribution is 2.36. The van der Waals surface area contributed by atoms with E-state index < -0.39 is 32.6 Å².